The maximum absolute atomic E-state index is 9.17. The van der Waals surface area contributed by atoms with E-state index in [1.54, 1.807) is 0 Å². The summed E-state index contributed by atoms with van der Waals surface area (Å²) >= 11 is 0. The first-order valence-corrected chi connectivity index (χ1v) is 5.43. The van der Waals surface area contributed by atoms with Gasteiger partial charge < -0.3 is 20.6 Å². The van der Waals surface area contributed by atoms with Gasteiger partial charge in [0.15, 0.2) is 0 Å². The predicted molar refractivity (Wildman–Crippen MR) is 62.1 cm³/mol. The SMILES string of the molecule is OCC(O)CNC(CO)Cc1ccccc1. The second-order valence-electron chi connectivity index (χ2n) is 3.81. The van der Waals surface area contributed by atoms with E-state index in [0.29, 0.717) is 6.42 Å². The van der Waals surface area contributed by atoms with Gasteiger partial charge in [-0.2, -0.15) is 0 Å². The van der Waals surface area contributed by atoms with Crippen molar-refractivity contribution < 1.29 is 15.3 Å². The lowest BCUT2D eigenvalue weighted by molar-refractivity contribution is 0.0888. The molecule has 1 aromatic carbocycles. The van der Waals surface area contributed by atoms with Crippen LogP contribution in [0.25, 0.3) is 0 Å². The fourth-order valence-electron chi connectivity index (χ4n) is 1.47. The van der Waals surface area contributed by atoms with Crippen LogP contribution in [0, 0.1) is 0 Å². The van der Waals surface area contributed by atoms with Crippen molar-refractivity contribution >= 4 is 0 Å². The van der Waals surface area contributed by atoms with Crippen LogP contribution in [0.15, 0.2) is 30.3 Å². The lowest BCUT2D eigenvalue weighted by Crippen LogP contribution is -2.40. The summed E-state index contributed by atoms with van der Waals surface area (Å²) in [5.74, 6) is 0. The van der Waals surface area contributed by atoms with Gasteiger partial charge in [0.25, 0.3) is 0 Å². The summed E-state index contributed by atoms with van der Waals surface area (Å²) in [5.41, 5.74) is 1.13. The van der Waals surface area contributed by atoms with Gasteiger partial charge in [-0.15, -0.1) is 0 Å². The van der Waals surface area contributed by atoms with Crippen molar-refractivity contribution in [3.05, 3.63) is 35.9 Å². The Morgan fingerprint density at radius 1 is 1.06 bits per heavy atom. The Balaban J connectivity index is 2.37. The number of aliphatic hydroxyl groups is 3. The highest BCUT2D eigenvalue weighted by molar-refractivity contribution is 5.15. The third-order valence-corrected chi connectivity index (χ3v) is 2.40. The Labute approximate surface area is 95.6 Å². The van der Waals surface area contributed by atoms with Crippen LogP contribution in [-0.2, 0) is 6.42 Å². The maximum atomic E-state index is 9.17. The molecule has 2 atom stereocenters. The van der Waals surface area contributed by atoms with Crippen LogP contribution in [0.4, 0.5) is 0 Å². The molecule has 0 bridgehead atoms. The molecular formula is C12H19NO3. The molecule has 2 unspecified atom stereocenters. The van der Waals surface area contributed by atoms with Crippen LogP contribution in [0.5, 0.6) is 0 Å². The van der Waals surface area contributed by atoms with Crippen molar-refractivity contribution in [2.45, 2.75) is 18.6 Å². The number of benzene rings is 1. The fraction of sp³-hybridized carbons (Fsp3) is 0.500. The molecule has 0 saturated carbocycles. The number of nitrogens with one attached hydrogen (secondary N) is 1. The van der Waals surface area contributed by atoms with Gasteiger partial charge in [0.2, 0.25) is 0 Å². The molecule has 1 rings (SSSR count). The zero-order valence-electron chi connectivity index (χ0n) is 9.21. The molecule has 4 heteroatoms. The molecule has 16 heavy (non-hydrogen) atoms. The zero-order valence-corrected chi connectivity index (χ0v) is 9.21. The smallest absolute Gasteiger partial charge is 0.0895 e. The summed E-state index contributed by atoms with van der Waals surface area (Å²) in [6.45, 7) is 0.0259. The highest BCUT2D eigenvalue weighted by Crippen LogP contribution is 2.02. The van der Waals surface area contributed by atoms with Gasteiger partial charge in [-0.1, -0.05) is 30.3 Å². The summed E-state index contributed by atoms with van der Waals surface area (Å²) in [5, 5.41) is 30.0. The number of hydrogen-bond acceptors (Lipinski definition) is 4. The fourth-order valence-corrected chi connectivity index (χ4v) is 1.47. The average molecular weight is 225 g/mol. The summed E-state index contributed by atoms with van der Waals surface area (Å²) in [6.07, 6.45) is -0.0695. The topological polar surface area (TPSA) is 72.7 Å². The van der Waals surface area contributed by atoms with Crippen LogP contribution >= 0.6 is 0 Å². The summed E-state index contributed by atoms with van der Waals surface area (Å²) in [6, 6.07) is 9.74. The molecule has 0 fully saturated rings. The van der Waals surface area contributed by atoms with E-state index in [1.165, 1.54) is 0 Å². The van der Waals surface area contributed by atoms with E-state index < -0.39 is 6.10 Å². The molecule has 0 aliphatic carbocycles. The van der Waals surface area contributed by atoms with Crippen molar-refractivity contribution in [2.75, 3.05) is 19.8 Å². The lowest BCUT2D eigenvalue weighted by atomic mass is 10.1. The quantitative estimate of drug-likeness (QED) is 0.506. The van der Waals surface area contributed by atoms with Crippen LogP contribution in [0.2, 0.25) is 0 Å². The van der Waals surface area contributed by atoms with Gasteiger partial charge >= 0.3 is 0 Å². The Morgan fingerprint density at radius 3 is 2.31 bits per heavy atom. The van der Waals surface area contributed by atoms with Gasteiger partial charge in [-0.25, -0.2) is 0 Å². The molecule has 0 aliphatic rings. The van der Waals surface area contributed by atoms with E-state index in [1.807, 2.05) is 30.3 Å². The Morgan fingerprint density at radius 2 is 1.75 bits per heavy atom. The van der Waals surface area contributed by atoms with Gasteiger partial charge in [0.05, 0.1) is 19.3 Å². The molecule has 90 valence electrons. The molecule has 0 heterocycles. The molecule has 0 saturated heterocycles. The normalized spacial score (nSPS) is 14.7. The second kappa shape index (κ2) is 7.35. The Hall–Kier alpha value is -0.940. The van der Waals surface area contributed by atoms with Crippen LogP contribution < -0.4 is 5.32 Å². The highest BCUT2D eigenvalue weighted by Gasteiger charge is 2.09. The van der Waals surface area contributed by atoms with E-state index in [4.69, 9.17) is 10.2 Å². The molecule has 1 aromatic rings. The van der Waals surface area contributed by atoms with Crippen molar-refractivity contribution in [1.29, 1.82) is 0 Å². The van der Waals surface area contributed by atoms with E-state index in [0.717, 1.165) is 5.56 Å². The lowest BCUT2D eigenvalue weighted by Gasteiger charge is -2.18. The van der Waals surface area contributed by atoms with Crippen molar-refractivity contribution in [1.82, 2.24) is 5.32 Å². The maximum Gasteiger partial charge on any atom is 0.0895 e. The molecule has 4 nitrogen and oxygen atoms in total. The van der Waals surface area contributed by atoms with Crippen molar-refractivity contribution in [3.63, 3.8) is 0 Å². The van der Waals surface area contributed by atoms with E-state index >= 15 is 0 Å². The number of aliphatic hydroxyl groups excluding tert-OH is 3. The zero-order chi connectivity index (χ0) is 11.8. The van der Waals surface area contributed by atoms with Gasteiger partial charge in [-0.3, -0.25) is 0 Å². The molecular weight excluding hydrogens is 206 g/mol. The largest absolute Gasteiger partial charge is 0.395 e. The molecule has 0 amide bonds. The van der Waals surface area contributed by atoms with Crippen molar-refractivity contribution in [3.8, 4) is 0 Å². The van der Waals surface area contributed by atoms with Crippen molar-refractivity contribution in [2.24, 2.45) is 0 Å². The minimum absolute atomic E-state index is 0.00699. The monoisotopic (exact) mass is 225 g/mol. The molecule has 0 aliphatic heterocycles. The van der Waals surface area contributed by atoms with Gasteiger partial charge in [-0.05, 0) is 12.0 Å². The molecule has 4 N–H and O–H groups in total. The summed E-state index contributed by atoms with van der Waals surface area (Å²) in [7, 11) is 0. The standard InChI is InChI=1S/C12H19NO3/c14-8-11(13-7-12(16)9-15)6-10-4-2-1-3-5-10/h1-5,11-16H,6-9H2. The predicted octanol–water partition coefficient (Wildman–Crippen LogP) is -0.467. The Bertz CT molecular complexity index is 279. The van der Waals surface area contributed by atoms with Crippen LogP contribution in [-0.4, -0.2) is 47.2 Å². The second-order valence-corrected chi connectivity index (χ2v) is 3.81. The number of hydrogen-bond donors (Lipinski definition) is 4. The first kappa shape index (κ1) is 13.1. The highest BCUT2D eigenvalue weighted by atomic mass is 16.3. The van der Waals surface area contributed by atoms with Gasteiger partial charge in [0.1, 0.15) is 0 Å². The third kappa shape index (κ3) is 4.72. The van der Waals surface area contributed by atoms with Crippen LogP contribution in [0.3, 0.4) is 0 Å². The minimum Gasteiger partial charge on any atom is -0.395 e. The first-order chi connectivity index (χ1) is 7.76. The molecule has 0 radical (unpaired) electrons. The molecule has 0 aromatic heterocycles. The minimum atomic E-state index is -0.773. The Kier molecular flexibility index (Phi) is 6.03. The summed E-state index contributed by atoms with van der Waals surface area (Å²) < 4.78 is 0. The number of rotatable bonds is 7. The molecule has 0 spiro atoms. The summed E-state index contributed by atoms with van der Waals surface area (Å²) in [4.78, 5) is 0. The first-order valence-electron chi connectivity index (χ1n) is 5.43. The van der Waals surface area contributed by atoms with E-state index in [-0.39, 0.29) is 25.8 Å². The van der Waals surface area contributed by atoms with Gasteiger partial charge in [0, 0.05) is 12.6 Å². The third-order valence-electron chi connectivity index (χ3n) is 2.40. The van der Waals surface area contributed by atoms with E-state index in [9.17, 15) is 5.11 Å². The van der Waals surface area contributed by atoms with E-state index in [2.05, 4.69) is 5.32 Å². The van der Waals surface area contributed by atoms with Crippen LogP contribution in [0.1, 0.15) is 5.56 Å². The average Bonchev–Trinajstić information content (AvgIpc) is 2.35.